The van der Waals surface area contributed by atoms with Gasteiger partial charge in [0.2, 0.25) is 0 Å². The van der Waals surface area contributed by atoms with Crippen molar-refractivity contribution in [2.45, 2.75) is 0 Å². The van der Waals surface area contributed by atoms with E-state index in [1.807, 2.05) is 0 Å². The third-order valence-corrected chi connectivity index (χ3v) is 0.167. The highest BCUT2D eigenvalue weighted by atomic mass is 16.9. The van der Waals surface area contributed by atoms with E-state index in [1.165, 1.54) is 0 Å². The van der Waals surface area contributed by atoms with Crippen molar-refractivity contribution in [3.63, 3.8) is 0 Å². The first kappa shape index (κ1) is 16.7. The van der Waals surface area contributed by atoms with Gasteiger partial charge in [0, 0.05) is 13.1 Å². The van der Waals surface area contributed by atoms with Crippen LogP contribution in [0, 0.1) is 30.6 Å². The van der Waals surface area contributed by atoms with E-state index in [0.29, 0.717) is 13.1 Å². The van der Waals surface area contributed by atoms with E-state index >= 15 is 0 Å². The largest absolute Gasteiger partial charge is 0.356 e. The Hall–Kier alpha value is -1.68. The fourth-order valence-electron chi connectivity index (χ4n) is 0. The van der Waals surface area contributed by atoms with Gasteiger partial charge in [0.25, 0.3) is 0 Å². The molecule has 10 nitrogen and oxygen atoms in total. The monoisotopic (exact) mass is 184 g/mol. The summed E-state index contributed by atoms with van der Waals surface area (Å²) >= 11 is 0. The van der Waals surface area contributed by atoms with E-state index in [4.69, 9.17) is 42.1 Å². The standard InChI is InChI=1S/C2H8N2.2NO3/c3-1-2-4;2*2-1(3)4/h1-4H2;;/q;2*-1. The van der Waals surface area contributed by atoms with Gasteiger partial charge in [0.15, 0.2) is 0 Å². The lowest BCUT2D eigenvalue weighted by atomic mass is 10.7. The molecule has 0 bridgehead atoms. The van der Waals surface area contributed by atoms with Crippen molar-refractivity contribution in [1.29, 1.82) is 0 Å². The Morgan fingerprint density at radius 3 is 0.917 bits per heavy atom. The van der Waals surface area contributed by atoms with Crippen LogP contribution in [-0.4, -0.2) is 23.3 Å². The number of nitrogens with zero attached hydrogens (tertiary/aromatic N) is 2. The van der Waals surface area contributed by atoms with E-state index < -0.39 is 10.2 Å². The first-order valence-corrected chi connectivity index (χ1v) is 2.41. The van der Waals surface area contributed by atoms with Gasteiger partial charge < -0.3 is 42.1 Å². The predicted octanol–water partition coefficient (Wildman–Crippen LogP) is -1.57. The fourth-order valence-corrected chi connectivity index (χ4v) is 0. The van der Waals surface area contributed by atoms with Crippen LogP contribution in [-0.2, 0) is 0 Å². The summed E-state index contributed by atoms with van der Waals surface area (Å²) in [5, 5.41) is 29.5. The topological polar surface area (TPSA) is 184 Å². The number of hydrogen-bond acceptors (Lipinski definition) is 8. The molecular weight excluding hydrogens is 176 g/mol. The van der Waals surface area contributed by atoms with Crippen LogP contribution in [0.3, 0.4) is 0 Å². The molecule has 0 aromatic rings. The summed E-state index contributed by atoms with van der Waals surface area (Å²) < 4.78 is 0. The van der Waals surface area contributed by atoms with Crippen LogP contribution < -0.4 is 11.5 Å². The van der Waals surface area contributed by atoms with Gasteiger partial charge in [0.1, 0.15) is 0 Å². The van der Waals surface area contributed by atoms with Crippen molar-refractivity contribution in [3.8, 4) is 0 Å². The van der Waals surface area contributed by atoms with E-state index in [9.17, 15) is 0 Å². The second-order valence-electron chi connectivity index (χ2n) is 1.02. The Balaban J connectivity index is -0.000000101. The van der Waals surface area contributed by atoms with Gasteiger partial charge >= 0.3 is 0 Å². The van der Waals surface area contributed by atoms with Crippen LogP contribution in [0.4, 0.5) is 0 Å². The molecule has 12 heavy (non-hydrogen) atoms. The molecule has 74 valence electrons. The minimum absolute atomic E-state index is 0.597. The lowest BCUT2D eigenvalue weighted by Gasteiger charge is -1.74. The minimum Gasteiger partial charge on any atom is -0.356 e. The molecule has 10 heteroatoms. The summed E-state index contributed by atoms with van der Waals surface area (Å²) in [6.45, 7) is 1.19. The maximum absolute atomic E-state index is 8.25. The van der Waals surface area contributed by atoms with Crippen molar-refractivity contribution in [2.75, 3.05) is 13.1 Å². The first-order valence-electron chi connectivity index (χ1n) is 2.41. The van der Waals surface area contributed by atoms with E-state index in [0.717, 1.165) is 0 Å². The van der Waals surface area contributed by atoms with Gasteiger partial charge in [-0.3, -0.25) is 0 Å². The predicted molar refractivity (Wildman–Crippen MR) is 38.8 cm³/mol. The Morgan fingerprint density at radius 2 is 0.917 bits per heavy atom. The van der Waals surface area contributed by atoms with E-state index in [1.54, 1.807) is 0 Å². The molecule has 4 N–H and O–H groups in total. The molecule has 0 rings (SSSR count). The fraction of sp³-hybridized carbons (Fsp3) is 1.00. The minimum atomic E-state index is -1.75. The first-order chi connectivity index (χ1) is 5.38. The highest BCUT2D eigenvalue weighted by molar-refractivity contribution is 4.26. The average Bonchev–Trinajstić information content (AvgIpc) is 1.85. The Kier molecular flexibility index (Phi) is 22.5. The zero-order valence-corrected chi connectivity index (χ0v) is 5.91. The summed E-state index contributed by atoms with van der Waals surface area (Å²) in [6, 6.07) is 0. The molecule has 0 spiro atoms. The smallest absolute Gasteiger partial charge is 0.0689 e. The Labute approximate surface area is 66.6 Å². The summed E-state index contributed by atoms with van der Waals surface area (Å²) in [5.74, 6) is 0. The maximum Gasteiger partial charge on any atom is 0.0689 e. The molecule has 0 unspecified atom stereocenters. The highest BCUT2D eigenvalue weighted by Gasteiger charge is 1.54. The van der Waals surface area contributed by atoms with Crippen molar-refractivity contribution < 1.29 is 10.2 Å². The van der Waals surface area contributed by atoms with E-state index in [2.05, 4.69) is 0 Å². The van der Waals surface area contributed by atoms with Crippen LogP contribution in [0.5, 0.6) is 0 Å². The lowest BCUT2D eigenvalue weighted by Crippen LogP contribution is -2.11. The van der Waals surface area contributed by atoms with Crippen LogP contribution >= 0.6 is 0 Å². The maximum atomic E-state index is 8.25. The SMILES string of the molecule is NCCN.O=[N+]([O-])[O-].O=[N+]([O-])[O-]. The van der Waals surface area contributed by atoms with Crippen molar-refractivity contribution in [2.24, 2.45) is 11.5 Å². The van der Waals surface area contributed by atoms with Gasteiger partial charge in [-0.05, 0) is 0 Å². The number of hydrogen-bond donors (Lipinski definition) is 2. The molecule has 0 saturated heterocycles. The van der Waals surface area contributed by atoms with Crippen molar-refractivity contribution in [3.05, 3.63) is 30.6 Å². The zero-order valence-electron chi connectivity index (χ0n) is 5.91. The molecule has 0 atom stereocenters. The summed E-state index contributed by atoms with van der Waals surface area (Å²) in [5.41, 5.74) is 9.81. The summed E-state index contributed by atoms with van der Waals surface area (Å²) in [7, 11) is 0. The van der Waals surface area contributed by atoms with Crippen molar-refractivity contribution >= 4 is 0 Å². The molecule has 0 saturated carbocycles. The molecule has 0 radical (unpaired) electrons. The zero-order chi connectivity index (χ0) is 10.6. The Bertz CT molecular complexity index is 94.1. The second-order valence-corrected chi connectivity index (χ2v) is 1.02. The normalized spacial score (nSPS) is 6.50. The van der Waals surface area contributed by atoms with Gasteiger partial charge in [-0.1, -0.05) is 0 Å². The Morgan fingerprint density at radius 1 is 0.833 bits per heavy atom. The molecule has 0 heterocycles. The van der Waals surface area contributed by atoms with Gasteiger partial charge in [-0.25, -0.2) is 0 Å². The van der Waals surface area contributed by atoms with Crippen LogP contribution in [0.25, 0.3) is 0 Å². The third-order valence-electron chi connectivity index (χ3n) is 0.167. The van der Waals surface area contributed by atoms with Crippen LogP contribution in [0.1, 0.15) is 0 Å². The lowest BCUT2D eigenvalue weighted by molar-refractivity contribution is -0.403. The third kappa shape index (κ3) is 964. The molecule has 0 aromatic heterocycles. The van der Waals surface area contributed by atoms with Gasteiger partial charge in [-0.15, -0.1) is 0 Å². The molecule has 0 fully saturated rings. The quantitative estimate of drug-likeness (QED) is 0.361. The summed E-state index contributed by atoms with van der Waals surface area (Å²) in [6.07, 6.45) is 0. The molecule has 0 aliphatic heterocycles. The van der Waals surface area contributed by atoms with Crippen molar-refractivity contribution in [1.82, 2.24) is 0 Å². The van der Waals surface area contributed by atoms with Crippen LogP contribution in [0.2, 0.25) is 0 Å². The molecular formula is C2H8N4O6-2. The molecule has 0 aliphatic carbocycles. The molecule has 0 amide bonds. The van der Waals surface area contributed by atoms with Gasteiger partial charge in [-0.2, -0.15) is 0 Å². The summed E-state index contributed by atoms with van der Waals surface area (Å²) in [4.78, 5) is 16.5. The van der Waals surface area contributed by atoms with E-state index in [-0.39, 0.29) is 0 Å². The van der Waals surface area contributed by atoms with Gasteiger partial charge in [0.05, 0.1) is 10.2 Å². The molecule has 0 aromatic carbocycles. The number of nitrogens with two attached hydrogens (primary N) is 2. The number of rotatable bonds is 1. The van der Waals surface area contributed by atoms with Crippen LogP contribution in [0.15, 0.2) is 0 Å². The average molecular weight is 184 g/mol. The molecule has 0 aliphatic rings. The highest BCUT2D eigenvalue weighted by Crippen LogP contribution is 1.44. The second kappa shape index (κ2) is 16.2.